The van der Waals surface area contributed by atoms with Crippen molar-refractivity contribution < 1.29 is 63.9 Å². The van der Waals surface area contributed by atoms with Crippen LogP contribution in [0, 0.1) is 20.2 Å². The summed E-state index contributed by atoms with van der Waals surface area (Å²) in [4.78, 5) is 85.0. The smallest absolute Gasteiger partial charge is 0.269 e. The van der Waals surface area contributed by atoms with Gasteiger partial charge in [-0.2, -0.15) is 9.44 Å². The zero-order valence-corrected chi connectivity index (χ0v) is 34.8. The van der Waals surface area contributed by atoms with Crippen molar-refractivity contribution >= 4 is 92.3 Å². The van der Waals surface area contributed by atoms with Crippen LogP contribution in [0.5, 0.6) is 0 Å². The Kier molecular flexibility index (Phi) is 17.3. The van der Waals surface area contributed by atoms with Crippen molar-refractivity contribution in [3.8, 4) is 0 Å². The standard InChI is InChI=1S/C11H11N3O6S.C11H13N3O4S.C6H4ClNO4S.C5H8N2O2/c15-10-6-5-9(11(16)12-10)13-21(19,20)8-3-1-7(2-4-8)14(17)18;12-7-1-3-8(4-2-7)19(17,18)14-9-5-6-10(15)13-11(9)16;7-13(11,12)6-3-1-5(2-4-6)8(9)10;6-3-1-2-4(8)7-5(3)9/h1-4,9,13H,5-6H2,(H,12,15,16);1-4,9,14H,5-6,12H2,(H,13,15,16);1-4H;3H,1-2,6H2,(H,7,8,9). The quantitative estimate of drug-likeness (QED) is 0.0458. The van der Waals surface area contributed by atoms with Gasteiger partial charge in [0.1, 0.15) is 12.1 Å². The number of nitrogen functional groups attached to an aromatic ring is 1. The summed E-state index contributed by atoms with van der Waals surface area (Å²) in [5.41, 5.74) is 10.8. The van der Waals surface area contributed by atoms with Gasteiger partial charge in [-0.1, -0.05) is 0 Å². The molecule has 3 aliphatic rings. The number of benzene rings is 3. The Morgan fingerprint density at radius 3 is 1.18 bits per heavy atom. The molecule has 6 rings (SSSR count). The van der Waals surface area contributed by atoms with Crippen molar-refractivity contribution in [2.75, 3.05) is 5.73 Å². The van der Waals surface area contributed by atoms with E-state index < -0.39 is 80.7 Å². The van der Waals surface area contributed by atoms with Crippen LogP contribution in [0.2, 0.25) is 0 Å². The fourth-order valence-corrected chi connectivity index (χ4v) is 8.19. The summed E-state index contributed by atoms with van der Waals surface area (Å²) < 4.78 is 74.0. The molecule has 3 atom stereocenters. The third-order valence-electron chi connectivity index (χ3n) is 8.23. The van der Waals surface area contributed by atoms with E-state index in [4.69, 9.17) is 22.1 Å². The van der Waals surface area contributed by atoms with Crippen LogP contribution >= 0.6 is 10.7 Å². The van der Waals surface area contributed by atoms with Gasteiger partial charge in [-0.15, -0.1) is 0 Å². The zero-order valence-electron chi connectivity index (χ0n) is 31.6. The maximum Gasteiger partial charge on any atom is 0.269 e. The van der Waals surface area contributed by atoms with E-state index >= 15 is 0 Å². The van der Waals surface area contributed by atoms with E-state index in [0.29, 0.717) is 18.5 Å². The van der Waals surface area contributed by atoms with E-state index in [9.17, 15) is 74.2 Å². The van der Waals surface area contributed by atoms with E-state index in [1.807, 2.05) is 5.32 Å². The van der Waals surface area contributed by atoms with E-state index in [2.05, 4.69) is 20.1 Å². The molecule has 3 fully saturated rings. The maximum atomic E-state index is 12.1. The first-order valence-electron chi connectivity index (χ1n) is 17.4. The number of rotatable bonds is 9. The number of imide groups is 3. The van der Waals surface area contributed by atoms with Crippen LogP contribution in [0.25, 0.3) is 0 Å². The summed E-state index contributed by atoms with van der Waals surface area (Å²) in [7, 11) is -6.61. The molecule has 3 aliphatic heterocycles. The Morgan fingerprint density at radius 1 is 0.548 bits per heavy atom. The second kappa shape index (κ2) is 21.5. The molecule has 0 aromatic heterocycles. The van der Waals surface area contributed by atoms with Crippen molar-refractivity contribution in [2.45, 2.75) is 71.3 Å². The third-order valence-corrected chi connectivity index (χ3v) is 12.6. The summed E-state index contributed by atoms with van der Waals surface area (Å²) >= 11 is 0. The largest absolute Gasteiger partial charge is 0.399 e. The Balaban J connectivity index is 0.000000230. The molecule has 0 bridgehead atoms. The number of anilines is 1. The van der Waals surface area contributed by atoms with Gasteiger partial charge in [0.2, 0.25) is 55.5 Å². The molecule has 3 unspecified atom stereocenters. The first-order chi connectivity index (χ1) is 28.8. The van der Waals surface area contributed by atoms with Gasteiger partial charge in [0.05, 0.1) is 30.6 Å². The molecule has 0 spiro atoms. The molecule has 0 saturated carbocycles. The lowest BCUT2D eigenvalue weighted by atomic mass is 10.1. The fraction of sp³-hybridized carbons (Fsp3) is 0.273. The summed E-state index contributed by atoms with van der Waals surface area (Å²) in [6.45, 7) is 0. The van der Waals surface area contributed by atoms with Crippen molar-refractivity contribution in [2.24, 2.45) is 5.73 Å². The third kappa shape index (κ3) is 15.3. The Hall–Kier alpha value is -6.30. The van der Waals surface area contributed by atoms with E-state index in [-0.39, 0.29) is 63.6 Å². The van der Waals surface area contributed by atoms with Crippen LogP contribution in [0.15, 0.2) is 87.5 Å². The molecular formula is C33H36ClN9O16S3. The molecule has 3 saturated heterocycles. The van der Waals surface area contributed by atoms with Crippen LogP contribution < -0.4 is 36.9 Å². The highest BCUT2D eigenvalue weighted by molar-refractivity contribution is 8.13. The summed E-state index contributed by atoms with van der Waals surface area (Å²) in [5, 5.41) is 26.9. The lowest BCUT2D eigenvalue weighted by molar-refractivity contribution is -0.385. The Labute approximate surface area is 356 Å². The molecule has 0 aliphatic carbocycles. The molecule has 6 amide bonds. The van der Waals surface area contributed by atoms with Crippen molar-refractivity contribution in [3.63, 3.8) is 0 Å². The number of sulfonamides is 2. The summed E-state index contributed by atoms with van der Waals surface area (Å²) in [5.74, 6) is -2.77. The van der Waals surface area contributed by atoms with Crippen LogP contribution in [-0.4, -0.2) is 88.7 Å². The molecule has 3 aromatic rings. The van der Waals surface area contributed by atoms with Gasteiger partial charge in [-0.25, -0.2) is 25.3 Å². The number of nitro groups is 2. The highest BCUT2D eigenvalue weighted by Gasteiger charge is 2.32. The highest BCUT2D eigenvalue weighted by atomic mass is 35.7. The Bertz CT molecular complexity index is 2560. The fourth-order valence-electron chi connectivity index (χ4n) is 4.96. The van der Waals surface area contributed by atoms with Gasteiger partial charge in [0.15, 0.2) is 0 Å². The number of nitrogens with zero attached hydrogens (tertiary/aromatic N) is 2. The topological polar surface area (TPSA) is 403 Å². The lowest BCUT2D eigenvalue weighted by Gasteiger charge is -2.21. The van der Waals surface area contributed by atoms with Gasteiger partial charge in [-0.3, -0.25) is 64.9 Å². The highest BCUT2D eigenvalue weighted by Crippen LogP contribution is 2.20. The first kappa shape index (κ1) is 50.1. The van der Waals surface area contributed by atoms with Gasteiger partial charge in [0.25, 0.3) is 20.4 Å². The second-order valence-electron chi connectivity index (χ2n) is 12.8. The van der Waals surface area contributed by atoms with Crippen LogP contribution in [0.4, 0.5) is 17.1 Å². The average molecular weight is 946 g/mol. The predicted molar refractivity (Wildman–Crippen MR) is 213 cm³/mol. The number of carbonyl (C=O) groups excluding carboxylic acids is 6. The van der Waals surface area contributed by atoms with Gasteiger partial charge >= 0.3 is 0 Å². The Morgan fingerprint density at radius 2 is 0.871 bits per heavy atom. The molecule has 25 nitrogen and oxygen atoms in total. The van der Waals surface area contributed by atoms with Gasteiger partial charge in [-0.05, 0) is 67.8 Å². The molecule has 29 heteroatoms. The monoisotopic (exact) mass is 945 g/mol. The predicted octanol–water partition coefficient (Wildman–Crippen LogP) is -0.697. The number of non-ortho nitro benzene ring substituents is 2. The summed E-state index contributed by atoms with van der Waals surface area (Å²) in [6, 6.07) is 11.7. The number of hydrogen-bond donors (Lipinski definition) is 7. The van der Waals surface area contributed by atoms with Crippen LogP contribution in [0.3, 0.4) is 0 Å². The number of piperidine rings is 3. The van der Waals surface area contributed by atoms with Crippen molar-refractivity contribution in [1.82, 2.24) is 25.4 Å². The van der Waals surface area contributed by atoms with Crippen LogP contribution in [-0.2, 0) is 57.9 Å². The minimum Gasteiger partial charge on any atom is -0.399 e. The molecular weight excluding hydrogens is 910 g/mol. The summed E-state index contributed by atoms with van der Waals surface area (Å²) in [6.07, 6.45) is 1.22. The number of nitrogens with one attached hydrogen (secondary N) is 5. The van der Waals surface area contributed by atoms with Crippen LogP contribution in [0.1, 0.15) is 38.5 Å². The molecule has 9 N–H and O–H groups in total. The van der Waals surface area contributed by atoms with Crippen molar-refractivity contribution in [3.05, 3.63) is 93.0 Å². The SMILES string of the molecule is NC1CCC(=O)NC1=O.Nc1ccc(S(=O)(=O)NC2CCC(=O)NC2=O)cc1.O=C1CCC(NS(=O)(=O)c2ccc([N+](=O)[O-])cc2)C(=O)N1.O=[N+]([O-])c1ccc(S(=O)(=O)Cl)cc1. The molecule has 334 valence electrons. The van der Waals surface area contributed by atoms with Gasteiger partial charge < -0.3 is 11.5 Å². The number of halogens is 1. The lowest BCUT2D eigenvalue weighted by Crippen LogP contribution is -2.52. The normalized spacial score (nSPS) is 19.0. The molecule has 3 heterocycles. The number of carbonyl (C=O) groups is 6. The number of nitro benzene ring substituents is 2. The zero-order chi connectivity index (χ0) is 46.6. The van der Waals surface area contributed by atoms with Crippen molar-refractivity contribution in [1.29, 1.82) is 0 Å². The number of nitrogens with two attached hydrogens (primary N) is 2. The van der Waals surface area contributed by atoms with E-state index in [0.717, 1.165) is 48.5 Å². The van der Waals surface area contributed by atoms with Gasteiger partial charge in [0, 0.05) is 59.9 Å². The minimum absolute atomic E-state index is 0.0198. The second-order valence-corrected chi connectivity index (χ2v) is 18.8. The average Bonchev–Trinajstić information content (AvgIpc) is 3.19. The first-order valence-corrected chi connectivity index (χ1v) is 22.7. The maximum absolute atomic E-state index is 12.1. The minimum atomic E-state index is -4.00. The molecule has 0 radical (unpaired) electrons. The molecule has 3 aromatic carbocycles. The number of amides is 6. The van der Waals surface area contributed by atoms with E-state index in [1.54, 1.807) is 0 Å². The molecule has 62 heavy (non-hydrogen) atoms. The number of hydrogen-bond acceptors (Lipinski definition) is 18. The van der Waals surface area contributed by atoms with E-state index in [1.165, 1.54) is 24.3 Å².